The second-order valence-corrected chi connectivity index (χ2v) is 7.97. The van der Waals surface area contributed by atoms with E-state index in [4.69, 9.17) is 11.6 Å². The Morgan fingerprint density at radius 2 is 1.81 bits per heavy atom. The minimum absolute atomic E-state index is 0.00790. The van der Waals surface area contributed by atoms with Crippen molar-refractivity contribution in [3.63, 3.8) is 0 Å². The van der Waals surface area contributed by atoms with Crippen LogP contribution in [0.25, 0.3) is 0 Å². The van der Waals surface area contributed by atoms with Gasteiger partial charge in [0.1, 0.15) is 0 Å². The number of hydrogen-bond acceptors (Lipinski definition) is 2. The van der Waals surface area contributed by atoms with Gasteiger partial charge in [0.25, 0.3) is 5.91 Å². The second-order valence-electron chi connectivity index (χ2n) is 7.53. The molecule has 1 saturated heterocycles. The van der Waals surface area contributed by atoms with Gasteiger partial charge in [0.05, 0.1) is 5.92 Å². The summed E-state index contributed by atoms with van der Waals surface area (Å²) in [6, 6.07) is 17.0. The van der Waals surface area contributed by atoms with E-state index in [9.17, 15) is 9.59 Å². The smallest absolute Gasteiger partial charge is 0.253 e. The zero-order valence-electron chi connectivity index (χ0n) is 15.1. The number of amides is 2. The highest BCUT2D eigenvalue weighted by molar-refractivity contribution is 6.30. The summed E-state index contributed by atoms with van der Waals surface area (Å²) in [5.74, 6) is 0.394. The molecule has 140 valence electrons. The number of likely N-dealkylation sites (tertiary alicyclic amines) is 1. The number of nitrogens with zero attached hydrogens (tertiary/aromatic N) is 1. The summed E-state index contributed by atoms with van der Waals surface area (Å²) in [7, 11) is 0. The van der Waals surface area contributed by atoms with Gasteiger partial charge in [0, 0.05) is 36.1 Å². The minimum atomic E-state index is -0.228. The topological polar surface area (TPSA) is 49.4 Å². The van der Waals surface area contributed by atoms with E-state index in [1.54, 1.807) is 29.2 Å². The van der Waals surface area contributed by atoms with Crippen molar-refractivity contribution in [2.24, 2.45) is 11.8 Å². The van der Waals surface area contributed by atoms with Gasteiger partial charge in [-0.15, -0.1) is 0 Å². The molecule has 0 unspecified atom stereocenters. The Hall–Kier alpha value is -2.33. The fourth-order valence-electron chi connectivity index (χ4n) is 3.78. The van der Waals surface area contributed by atoms with Crippen LogP contribution in [0.5, 0.6) is 0 Å². The van der Waals surface area contributed by atoms with Crippen LogP contribution in [-0.4, -0.2) is 36.3 Å². The molecular formula is C22H23ClN2O2. The first kappa shape index (κ1) is 18.1. The van der Waals surface area contributed by atoms with Gasteiger partial charge < -0.3 is 10.2 Å². The molecule has 0 spiro atoms. The largest absolute Gasteiger partial charge is 0.356 e. The first-order valence-corrected chi connectivity index (χ1v) is 9.87. The minimum Gasteiger partial charge on any atom is -0.356 e. The summed E-state index contributed by atoms with van der Waals surface area (Å²) in [4.78, 5) is 27.6. The normalized spacial score (nSPS) is 21.9. The second kappa shape index (κ2) is 7.73. The Balaban J connectivity index is 1.54. The fourth-order valence-corrected chi connectivity index (χ4v) is 3.97. The van der Waals surface area contributed by atoms with Crippen molar-refractivity contribution in [2.75, 3.05) is 19.6 Å². The van der Waals surface area contributed by atoms with Crippen LogP contribution in [0.2, 0.25) is 5.02 Å². The number of benzene rings is 2. The number of carbonyl (C=O) groups is 2. The van der Waals surface area contributed by atoms with Crippen LogP contribution in [0.3, 0.4) is 0 Å². The maximum atomic E-state index is 13.0. The molecule has 2 aromatic carbocycles. The standard InChI is InChI=1S/C22H23ClN2O2/c23-18-8-4-7-17(11-18)22(27)25-13-19(16-5-2-1-3-6-16)20(14-25)21(26)24-12-15-9-10-15/h1-8,11,15,19-20H,9-10,12-14H2,(H,24,26)/t19-,20+/m1/s1. The van der Waals surface area contributed by atoms with Crippen LogP contribution in [0, 0.1) is 11.8 Å². The van der Waals surface area contributed by atoms with E-state index in [-0.39, 0.29) is 23.7 Å². The highest BCUT2D eigenvalue weighted by atomic mass is 35.5. The van der Waals surface area contributed by atoms with Gasteiger partial charge in [0.2, 0.25) is 5.91 Å². The maximum Gasteiger partial charge on any atom is 0.253 e. The number of hydrogen-bond donors (Lipinski definition) is 1. The van der Waals surface area contributed by atoms with Gasteiger partial charge in [-0.05, 0) is 42.5 Å². The summed E-state index contributed by atoms with van der Waals surface area (Å²) >= 11 is 6.04. The van der Waals surface area contributed by atoms with Crippen molar-refractivity contribution in [3.8, 4) is 0 Å². The molecule has 0 aromatic heterocycles. The Kier molecular flexibility index (Phi) is 5.17. The zero-order valence-corrected chi connectivity index (χ0v) is 15.9. The summed E-state index contributed by atoms with van der Waals surface area (Å²) in [6.07, 6.45) is 2.40. The van der Waals surface area contributed by atoms with E-state index < -0.39 is 0 Å². The molecule has 1 heterocycles. The van der Waals surface area contributed by atoms with E-state index in [0.717, 1.165) is 12.1 Å². The molecule has 0 radical (unpaired) electrons. The van der Waals surface area contributed by atoms with Crippen LogP contribution in [0.15, 0.2) is 54.6 Å². The predicted octanol–water partition coefficient (Wildman–Crippen LogP) is 3.72. The van der Waals surface area contributed by atoms with Gasteiger partial charge >= 0.3 is 0 Å². The van der Waals surface area contributed by atoms with Crippen LogP contribution in [0.4, 0.5) is 0 Å². The fraction of sp³-hybridized carbons (Fsp3) is 0.364. The van der Waals surface area contributed by atoms with Gasteiger partial charge in [-0.2, -0.15) is 0 Å². The average Bonchev–Trinajstić information content (AvgIpc) is 3.42. The Labute approximate surface area is 164 Å². The molecule has 2 amide bonds. The molecule has 2 atom stereocenters. The summed E-state index contributed by atoms with van der Waals surface area (Å²) in [5, 5.41) is 3.64. The highest BCUT2D eigenvalue weighted by Crippen LogP contribution is 2.34. The molecule has 0 bridgehead atoms. The van der Waals surface area contributed by atoms with Crippen molar-refractivity contribution in [1.29, 1.82) is 0 Å². The molecule has 2 aliphatic rings. The van der Waals surface area contributed by atoms with Crippen molar-refractivity contribution < 1.29 is 9.59 Å². The van der Waals surface area contributed by atoms with E-state index in [0.29, 0.717) is 29.6 Å². The third-order valence-electron chi connectivity index (χ3n) is 5.51. The van der Waals surface area contributed by atoms with Crippen LogP contribution < -0.4 is 5.32 Å². The molecule has 1 saturated carbocycles. The number of rotatable bonds is 5. The summed E-state index contributed by atoms with van der Waals surface area (Å²) in [5.41, 5.74) is 1.67. The average molecular weight is 383 g/mol. The monoisotopic (exact) mass is 382 g/mol. The summed E-state index contributed by atoms with van der Waals surface area (Å²) < 4.78 is 0. The molecule has 4 nitrogen and oxygen atoms in total. The maximum absolute atomic E-state index is 13.0. The number of halogens is 1. The molecule has 4 rings (SSSR count). The SMILES string of the molecule is O=C(NCC1CC1)[C@H]1CN(C(=O)c2cccc(Cl)c2)C[C@@H]1c1ccccc1. The molecule has 1 N–H and O–H groups in total. The lowest BCUT2D eigenvalue weighted by molar-refractivity contribution is -0.125. The molecule has 2 fully saturated rings. The lowest BCUT2D eigenvalue weighted by Crippen LogP contribution is -2.36. The summed E-state index contributed by atoms with van der Waals surface area (Å²) in [6.45, 7) is 1.72. The van der Waals surface area contributed by atoms with Crippen LogP contribution >= 0.6 is 11.6 Å². The van der Waals surface area contributed by atoms with Gasteiger partial charge in [0.15, 0.2) is 0 Å². The Morgan fingerprint density at radius 3 is 2.52 bits per heavy atom. The van der Waals surface area contributed by atoms with Gasteiger partial charge in [-0.1, -0.05) is 48.0 Å². The molecule has 27 heavy (non-hydrogen) atoms. The first-order chi connectivity index (χ1) is 13.1. The molecule has 1 aliphatic heterocycles. The van der Waals surface area contributed by atoms with Gasteiger partial charge in [-0.25, -0.2) is 0 Å². The highest BCUT2D eigenvalue weighted by Gasteiger charge is 2.40. The molecule has 1 aliphatic carbocycles. The third kappa shape index (κ3) is 4.16. The number of nitrogens with one attached hydrogen (secondary N) is 1. The zero-order chi connectivity index (χ0) is 18.8. The Morgan fingerprint density at radius 1 is 1.04 bits per heavy atom. The van der Waals surface area contributed by atoms with Crippen molar-refractivity contribution in [1.82, 2.24) is 10.2 Å². The van der Waals surface area contributed by atoms with E-state index in [2.05, 4.69) is 5.32 Å². The van der Waals surface area contributed by atoms with Gasteiger partial charge in [-0.3, -0.25) is 9.59 Å². The van der Waals surface area contributed by atoms with E-state index >= 15 is 0 Å². The van der Waals surface area contributed by atoms with E-state index in [1.165, 1.54) is 12.8 Å². The molecule has 5 heteroatoms. The van der Waals surface area contributed by atoms with E-state index in [1.807, 2.05) is 30.3 Å². The third-order valence-corrected chi connectivity index (χ3v) is 5.74. The quantitative estimate of drug-likeness (QED) is 0.856. The number of carbonyl (C=O) groups excluding carboxylic acids is 2. The lowest BCUT2D eigenvalue weighted by atomic mass is 9.88. The van der Waals surface area contributed by atoms with Crippen molar-refractivity contribution in [2.45, 2.75) is 18.8 Å². The van der Waals surface area contributed by atoms with Crippen molar-refractivity contribution >= 4 is 23.4 Å². The molecular weight excluding hydrogens is 360 g/mol. The lowest BCUT2D eigenvalue weighted by Gasteiger charge is -2.18. The Bertz CT molecular complexity index is 835. The van der Waals surface area contributed by atoms with Crippen LogP contribution in [-0.2, 0) is 4.79 Å². The predicted molar refractivity (Wildman–Crippen MR) is 106 cm³/mol. The van der Waals surface area contributed by atoms with Crippen LogP contribution in [0.1, 0.15) is 34.7 Å². The molecule has 2 aromatic rings. The first-order valence-electron chi connectivity index (χ1n) is 9.49. The van der Waals surface area contributed by atoms with Crippen molar-refractivity contribution in [3.05, 3.63) is 70.7 Å².